The number of nitrogens with one attached hydrogen (secondary N) is 1. The predicted molar refractivity (Wildman–Crippen MR) is 78.5 cm³/mol. The van der Waals surface area contributed by atoms with Crippen molar-refractivity contribution in [2.45, 2.75) is 6.61 Å². The maximum atomic E-state index is 11.4. The number of non-ortho nitro benzene ring substituents is 1. The third-order valence-electron chi connectivity index (χ3n) is 3.34. The van der Waals surface area contributed by atoms with E-state index in [-0.39, 0.29) is 12.3 Å². The van der Waals surface area contributed by atoms with Crippen molar-refractivity contribution in [1.29, 1.82) is 0 Å². The van der Waals surface area contributed by atoms with Crippen LogP contribution in [0.25, 0.3) is 0 Å². The molecule has 22 heavy (non-hydrogen) atoms. The number of piperazine rings is 1. The van der Waals surface area contributed by atoms with Gasteiger partial charge >= 0.3 is 6.16 Å². The molecule has 8 nitrogen and oxygen atoms in total. The summed E-state index contributed by atoms with van der Waals surface area (Å²) >= 11 is 0. The van der Waals surface area contributed by atoms with Crippen molar-refractivity contribution < 1.29 is 19.2 Å². The van der Waals surface area contributed by atoms with Gasteiger partial charge in [0.1, 0.15) is 13.2 Å². The van der Waals surface area contributed by atoms with Gasteiger partial charge in [0, 0.05) is 44.9 Å². The lowest BCUT2D eigenvalue weighted by Gasteiger charge is -2.26. The number of hydrogen-bond acceptors (Lipinski definition) is 7. The average Bonchev–Trinajstić information content (AvgIpc) is 2.54. The fourth-order valence-electron chi connectivity index (χ4n) is 2.09. The van der Waals surface area contributed by atoms with Crippen LogP contribution < -0.4 is 5.32 Å². The molecule has 1 N–H and O–H groups in total. The van der Waals surface area contributed by atoms with Crippen LogP contribution in [0.1, 0.15) is 5.56 Å². The van der Waals surface area contributed by atoms with E-state index in [9.17, 15) is 14.9 Å². The van der Waals surface area contributed by atoms with Crippen LogP contribution in [0, 0.1) is 10.1 Å². The van der Waals surface area contributed by atoms with E-state index in [1.807, 2.05) is 0 Å². The molecular weight excluding hydrogens is 290 g/mol. The zero-order valence-corrected chi connectivity index (χ0v) is 12.2. The second-order valence-corrected chi connectivity index (χ2v) is 4.90. The van der Waals surface area contributed by atoms with E-state index in [1.165, 1.54) is 12.1 Å². The minimum absolute atomic E-state index is 0.00217. The molecule has 8 heteroatoms. The monoisotopic (exact) mass is 309 g/mol. The molecule has 0 amide bonds. The Kier molecular flexibility index (Phi) is 6.11. The number of nitrogens with zero attached hydrogens (tertiary/aromatic N) is 2. The highest BCUT2D eigenvalue weighted by Gasteiger charge is 2.11. The van der Waals surface area contributed by atoms with E-state index >= 15 is 0 Å². The molecule has 1 fully saturated rings. The first-order chi connectivity index (χ1) is 10.6. The summed E-state index contributed by atoms with van der Waals surface area (Å²) in [5, 5.41) is 13.8. The number of ether oxygens (including phenoxy) is 2. The fourth-order valence-corrected chi connectivity index (χ4v) is 2.09. The van der Waals surface area contributed by atoms with Crippen LogP contribution in [-0.2, 0) is 16.1 Å². The highest BCUT2D eigenvalue weighted by atomic mass is 16.7. The summed E-state index contributed by atoms with van der Waals surface area (Å²) in [4.78, 5) is 23.7. The van der Waals surface area contributed by atoms with Gasteiger partial charge in [-0.1, -0.05) is 0 Å². The average molecular weight is 309 g/mol. The SMILES string of the molecule is O=C(OCCN1CCNCC1)OCc1ccc([N+](=O)[O-])cc1. The Labute approximate surface area is 128 Å². The number of carbonyl (C=O) groups is 1. The molecule has 0 spiro atoms. The Balaban J connectivity index is 1.63. The van der Waals surface area contributed by atoms with Crippen molar-refractivity contribution >= 4 is 11.8 Å². The van der Waals surface area contributed by atoms with Gasteiger partial charge in [-0.25, -0.2) is 4.79 Å². The Bertz CT molecular complexity index is 500. The van der Waals surface area contributed by atoms with Crippen LogP contribution in [0.2, 0.25) is 0 Å². The van der Waals surface area contributed by atoms with Crippen molar-refractivity contribution in [2.24, 2.45) is 0 Å². The minimum atomic E-state index is -0.728. The van der Waals surface area contributed by atoms with Gasteiger partial charge in [0.2, 0.25) is 0 Å². The molecule has 0 atom stereocenters. The van der Waals surface area contributed by atoms with E-state index in [4.69, 9.17) is 9.47 Å². The standard InChI is InChI=1S/C14H19N3O5/c18-14(21-10-9-16-7-5-15-6-8-16)22-11-12-1-3-13(4-2-12)17(19)20/h1-4,15H,5-11H2. The van der Waals surface area contributed by atoms with Crippen LogP contribution >= 0.6 is 0 Å². The quantitative estimate of drug-likeness (QED) is 0.478. The number of benzene rings is 1. The predicted octanol–water partition coefficient (Wildman–Crippen LogP) is 1.15. The summed E-state index contributed by atoms with van der Waals surface area (Å²) in [5.74, 6) is 0. The molecule has 0 aromatic heterocycles. The molecule has 120 valence electrons. The van der Waals surface area contributed by atoms with Crippen LogP contribution in [0.4, 0.5) is 10.5 Å². The van der Waals surface area contributed by atoms with E-state index < -0.39 is 11.1 Å². The molecule has 1 saturated heterocycles. The van der Waals surface area contributed by atoms with E-state index in [1.54, 1.807) is 12.1 Å². The van der Waals surface area contributed by atoms with E-state index in [0.717, 1.165) is 26.2 Å². The Morgan fingerprint density at radius 1 is 1.23 bits per heavy atom. The molecular formula is C14H19N3O5. The second-order valence-electron chi connectivity index (χ2n) is 4.90. The summed E-state index contributed by atoms with van der Waals surface area (Å²) in [7, 11) is 0. The zero-order chi connectivity index (χ0) is 15.8. The summed E-state index contributed by atoms with van der Waals surface area (Å²) in [5.41, 5.74) is 0.673. The summed E-state index contributed by atoms with van der Waals surface area (Å²) in [6, 6.07) is 5.83. The van der Waals surface area contributed by atoms with E-state index in [0.29, 0.717) is 18.7 Å². The summed E-state index contributed by atoms with van der Waals surface area (Å²) in [6.07, 6.45) is -0.728. The van der Waals surface area contributed by atoms with Gasteiger partial charge in [0.15, 0.2) is 0 Å². The molecule has 1 heterocycles. The summed E-state index contributed by atoms with van der Waals surface area (Å²) < 4.78 is 9.95. The van der Waals surface area contributed by atoms with Gasteiger partial charge in [-0.3, -0.25) is 15.0 Å². The number of nitro groups is 1. The first kappa shape index (κ1) is 16.2. The van der Waals surface area contributed by atoms with Gasteiger partial charge < -0.3 is 14.8 Å². The molecule has 2 rings (SSSR count). The summed E-state index contributed by atoms with van der Waals surface area (Å²) in [6.45, 7) is 4.80. The van der Waals surface area contributed by atoms with Crippen molar-refractivity contribution in [3.05, 3.63) is 39.9 Å². The molecule has 0 unspecified atom stereocenters. The molecule has 1 aromatic rings. The lowest BCUT2D eigenvalue weighted by atomic mass is 10.2. The molecule has 0 aliphatic carbocycles. The minimum Gasteiger partial charge on any atom is -0.433 e. The number of carbonyl (C=O) groups excluding carboxylic acids is 1. The molecule has 0 saturated carbocycles. The molecule has 1 aromatic carbocycles. The highest BCUT2D eigenvalue weighted by molar-refractivity contribution is 5.59. The third kappa shape index (κ3) is 5.30. The first-order valence-corrected chi connectivity index (χ1v) is 7.11. The molecule has 1 aliphatic heterocycles. The Morgan fingerprint density at radius 2 is 1.91 bits per heavy atom. The van der Waals surface area contributed by atoms with Gasteiger partial charge in [0.25, 0.3) is 5.69 Å². The third-order valence-corrected chi connectivity index (χ3v) is 3.34. The van der Waals surface area contributed by atoms with Crippen molar-refractivity contribution in [2.75, 3.05) is 39.3 Å². The molecule has 1 aliphatic rings. The smallest absolute Gasteiger partial charge is 0.433 e. The highest BCUT2D eigenvalue weighted by Crippen LogP contribution is 2.12. The van der Waals surface area contributed by atoms with Gasteiger partial charge in [-0.05, 0) is 17.7 Å². The Morgan fingerprint density at radius 3 is 2.55 bits per heavy atom. The van der Waals surface area contributed by atoms with Crippen LogP contribution in [0.3, 0.4) is 0 Å². The van der Waals surface area contributed by atoms with Crippen LogP contribution in [0.5, 0.6) is 0 Å². The lowest BCUT2D eigenvalue weighted by molar-refractivity contribution is -0.384. The second kappa shape index (κ2) is 8.30. The van der Waals surface area contributed by atoms with Crippen molar-refractivity contribution in [3.63, 3.8) is 0 Å². The lowest BCUT2D eigenvalue weighted by Crippen LogP contribution is -2.44. The maximum Gasteiger partial charge on any atom is 0.508 e. The van der Waals surface area contributed by atoms with Crippen molar-refractivity contribution in [3.8, 4) is 0 Å². The normalized spacial score (nSPS) is 15.3. The zero-order valence-electron chi connectivity index (χ0n) is 12.2. The maximum absolute atomic E-state index is 11.4. The van der Waals surface area contributed by atoms with Gasteiger partial charge in [-0.2, -0.15) is 0 Å². The fraction of sp³-hybridized carbons (Fsp3) is 0.500. The molecule has 0 bridgehead atoms. The first-order valence-electron chi connectivity index (χ1n) is 7.11. The number of hydrogen-bond donors (Lipinski definition) is 1. The van der Waals surface area contributed by atoms with Gasteiger partial charge in [0.05, 0.1) is 4.92 Å². The van der Waals surface area contributed by atoms with E-state index in [2.05, 4.69) is 10.2 Å². The number of rotatable bonds is 6. The number of nitro benzene ring substituents is 1. The largest absolute Gasteiger partial charge is 0.508 e. The van der Waals surface area contributed by atoms with Crippen LogP contribution in [-0.4, -0.2) is 55.3 Å². The van der Waals surface area contributed by atoms with Gasteiger partial charge in [-0.15, -0.1) is 0 Å². The Hall–Kier alpha value is -2.19. The topological polar surface area (TPSA) is 93.9 Å². The van der Waals surface area contributed by atoms with Crippen molar-refractivity contribution in [1.82, 2.24) is 10.2 Å². The molecule has 0 radical (unpaired) electrons. The van der Waals surface area contributed by atoms with Crippen LogP contribution in [0.15, 0.2) is 24.3 Å².